The van der Waals surface area contributed by atoms with Crippen LogP contribution in [0.5, 0.6) is 0 Å². The molecule has 4 saturated carbocycles. The molecular weight excluding hydrogens is 424 g/mol. The van der Waals surface area contributed by atoms with Gasteiger partial charge in [0, 0.05) is 0 Å². The SMILES string of the molecule is CC(C)CCC[C@@H](C)[C@H]1CC[C@H]2[C@@H]3CCC4C[C@@H](OCc5ccccc5)CC[C@]4(C)[C@H]3CC[C@]12C. The first-order valence-electron chi connectivity index (χ1n) is 15.5. The topological polar surface area (TPSA) is 9.23 Å². The summed E-state index contributed by atoms with van der Waals surface area (Å²) in [4.78, 5) is 0. The summed E-state index contributed by atoms with van der Waals surface area (Å²) >= 11 is 0. The lowest BCUT2D eigenvalue weighted by molar-refractivity contribution is -0.138. The van der Waals surface area contributed by atoms with E-state index in [4.69, 9.17) is 4.74 Å². The maximum absolute atomic E-state index is 6.47. The summed E-state index contributed by atoms with van der Waals surface area (Å²) in [6.45, 7) is 13.6. The van der Waals surface area contributed by atoms with Gasteiger partial charge in [-0.2, -0.15) is 0 Å². The van der Waals surface area contributed by atoms with Crippen LogP contribution in [0.4, 0.5) is 0 Å². The summed E-state index contributed by atoms with van der Waals surface area (Å²) in [6, 6.07) is 10.8. The molecule has 0 N–H and O–H groups in total. The van der Waals surface area contributed by atoms with Crippen LogP contribution in [0.1, 0.15) is 117 Å². The fourth-order valence-corrected chi connectivity index (χ4v) is 10.2. The minimum Gasteiger partial charge on any atom is -0.374 e. The van der Waals surface area contributed by atoms with Gasteiger partial charge in [-0.1, -0.05) is 84.2 Å². The first-order valence-corrected chi connectivity index (χ1v) is 15.5. The molecule has 0 radical (unpaired) electrons. The summed E-state index contributed by atoms with van der Waals surface area (Å²) in [5.41, 5.74) is 2.51. The van der Waals surface area contributed by atoms with Gasteiger partial charge in [0.1, 0.15) is 0 Å². The molecule has 0 heterocycles. The molecule has 0 aromatic heterocycles. The van der Waals surface area contributed by atoms with Crippen LogP contribution in [0.3, 0.4) is 0 Å². The molecule has 9 atom stereocenters. The van der Waals surface area contributed by atoms with E-state index in [-0.39, 0.29) is 0 Å². The second kappa shape index (κ2) is 10.5. The molecule has 4 aliphatic rings. The predicted molar refractivity (Wildman–Crippen MR) is 148 cm³/mol. The van der Waals surface area contributed by atoms with E-state index in [1.165, 1.54) is 82.6 Å². The first kappa shape index (κ1) is 25.8. The van der Waals surface area contributed by atoms with Gasteiger partial charge >= 0.3 is 0 Å². The van der Waals surface area contributed by atoms with E-state index in [1.54, 1.807) is 0 Å². The monoisotopic (exact) mass is 478 g/mol. The summed E-state index contributed by atoms with van der Waals surface area (Å²) in [5, 5.41) is 0. The van der Waals surface area contributed by atoms with Crippen molar-refractivity contribution in [1.82, 2.24) is 0 Å². The van der Waals surface area contributed by atoms with Crippen molar-refractivity contribution >= 4 is 0 Å². The Morgan fingerprint density at radius 2 is 1.57 bits per heavy atom. The fraction of sp³-hybridized carbons (Fsp3) is 0.824. The molecule has 1 aromatic carbocycles. The van der Waals surface area contributed by atoms with Crippen LogP contribution in [0.2, 0.25) is 0 Å². The minimum atomic E-state index is 0.473. The largest absolute Gasteiger partial charge is 0.374 e. The van der Waals surface area contributed by atoms with Gasteiger partial charge in [-0.05, 0) is 116 Å². The maximum Gasteiger partial charge on any atom is 0.0720 e. The molecule has 4 fully saturated rings. The smallest absolute Gasteiger partial charge is 0.0720 e. The average molecular weight is 479 g/mol. The number of benzene rings is 1. The molecule has 5 rings (SSSR count). The summed E-state index contributed by atoms with van der Waals surface area (Å²) in [5.74, 6) is 6.63. The normalized spacial score (nSPS) is 41.8. The number of ether oxygens (including phenoxy) is 1. The van der Waals surface area contributed by atoms with Crippen LogP contribution < -0.4 is 0 Å². The molecule has 4 aliphatic carbocycles. The first-order chi connectivity index (χ1) is 16.8. The molecule has 1 nitrogen and oxygen atoms in total. The van der Waals surface area contributed by atoms with Gasteiger partial charge in [-0.15, -0.1) is 0 Å². The van der Waals surface area contributed by atoms with Crippen LogP contribution >= 0.6 is 0 Å². The Hall–Kier alpha value is -0.820. The van der Waals surface area contributed by atoms with Gasteiger partial charge in [0.2, 0.25) is 0 Å². The van der Waals surface area contributed by atoms with Gasteiger partial charge in [-0.25, -0.2) is 0 Å². The number of fused-ring (bicyclic) bond motifs is 5. The lowest BCUT2D eigenvalue weighted by atomic mass is 9.44. The highest BCUT2D eigenvalue weighted by atomic mass is 16.5. The van der Waals surface area contributed by atoms with Crippen molar-refractivity contribution in [2.45, 2.75) is 124 Å². The summed E-state index contributed by atoms with van der Waals surface area (Å²) in [6.07, 6.45) is 17.8. The Bertz CT molecular complexity index is 815. The van der Waals surface area contributed by atoms with Gasteiger partial charge in [0.05, 0.1) is 12.7 Å². The highest BCUT2D eigenvalue weighted by Gasteiger charge is 2.60. The van der Waals surface area contributed by atoms with E-state index in [2.05, 4.69) is 65.0 Å². The lowest BCUT2D eigenvalue weighted by Crippen LogP contribution is -2.54. The van der Waals surface area contributed by atoms with E-state index in [0.717, 1.165) is 48.0 Å². The molecule has 35 heavy (non-hydrogen) atoms. The molecule has 0 spiro atoms. The van der Waals surface area contributed by atoms with E-state index < -0.39 is 0 Å². The standard InChI is InChI=1S/C34H54O/c1-24(2)10-9-11-25(3)30-16-17-31-29-15-14-27-22-28(35-23-26-12-7-6-8-13-26)18-20-33(27,4)32(29)19-21-34(30,31)5/h6-8,12-13,24-25,27-32H,9-11,14-23H2,1-5H3/t25-,27?,28+,29+,30-,31+,32+,33+,34-/m1/s1. The highest BCUT2D eigenvalue weighted by Crippen LogP contribution is 2.68. The van der Waals surface area contributed by atoms with Gasteiger partial charge in [0.25, 0.3) is 0 Å². The van der Waals surface area contributed by atoms with E-state index in [1.807, 2.05) is 0 Å². The fourth-order valence-electron chi connectivity index (χ4n) is 10.2. The van der Waals surface area contributed by atoms with Crippen LogP contribution in [-0.4, -0.2) is 6.10 Å². The Labute approximate surface area is 217 Å². The number of hydrogen-bond donors (Lipinski definition) is 0. The molecule has 0 bridgehead atoms. The van der Waals surface area contributed by atoms with Gasteiger partial charge in [0.15, 0.2) is 0 Å². The summed E-state index contributed by atoms with van der Waals surface area (Å²) < 4.78 is 6.47. The molecule has 0 amide bonds. The quantitative estimate of drug-likeness (QED) is 0.361. The zero-order valence-electron chi connectivity index (χ0n) is 23.6. The third-order valence-corrected chi connectivity index (χ3v) is 12.1. The van der Waals surface area contributed by atoms with Crippen molar-refractivity contribution in [3.05, 3.63) is 35.9 Å². The third-order valence-electron chi connectivity index (χ3n) is 12.1. The van der Waals surface area contributed by atoms with Crippen molar-refractivity contribution in [2.75, 3.05) is 0 Å². The van der Waals surface area contributed by atoms with Crippen LogP contribution in [0.15, 0.2) is 30.3 Å². The Kier molecular flexibility index (Phi) is 7.75. The third kappa shape index (κ3) is 5.02. The maximum atomic E-state index is 6.47. The zero-order chi connectivity index (χ0) is 24.6. The molecule has 0 saturated heterocycles. The van der Waals surface area contributed by atoms with E-state index in [0.29, 0.717) is 16.9 Å². The molecule has 1 heteroatoms. The van der Waals surface area contributed by atoms with Crippen molar-refractivity contribution in [3.63, 3.8) is 0 Å². The van der Waals surface area contributed by atoms with Crippen LogP contribution in [-0.2, 0) is 11.3 Å². The molecule has 1 aromatic rings. The highest BCUT2D eigenvalue weighted by molar-refractivity contribution is 5.14. The van der Waals surface area contributed by atoms with E-state index in [9.17, 15) is 0 Å². The van der Waals surface area contributed by atoms with Crippen molar-refractivity contribution in [1.29, 1.82) is 0 Å². The van der Waals surface area contributed by atoms with E-state index >= 15 is 0 Å². The summed E-state index contributed by atoms with van der Waals surface area (Å²) in [7, 11) is 0. The van der Waals surface area contributed by atoms with Gasteiger partial charge < -0.3 is 4.74 Å². The number of hydrogen-bond acceptors (Lipinski definition) is 1. The predicted octanol–water partition coefficient (Wildman–Crippen LogP) is 9.69. The minimum absolute atomic E-state index is 0.473. The van der Waals surface area contributed by atoms with Crippen molar-refractivity contribution in [3.8, 4) is 0 Å². The second-order valence-electron chi connectivity index (χ2n) is 14.4. The second-order valence-corrected chi connectivity index (χ2v) is 14.4. The number of rotatable bonds is 8. The molecule has 0 aliphatic heterocycles. The van der Waals surface area contributed by atoms with Crippen molar-refractivity contribution < 1.29 is 4.74 Å². The Balaban J connectivity index is 1.20. The van der Waals surface area contributed by atoms with Gasteiger partial charge in [-0.3, -0.25) is 0 Å². The lowest BCUT2D eigenvalue weighted by Gasteiger charge is -2.61. The Morgan fingerprint density at radius 3 is 2.34 bits per heavy atom. The molecule has 196 valence electrons. The average Bonchev–Trinajstić information content (AvgIpc) is 3.20. The molecular formula is C34H54O. The van der Waals surface area contributed by atoms with Crippen LogP contribution in [0, 0.1) is 52.3 Å². The van der Waals surface area contributed by atoms with Crippen molar-refractivity contribution in [2.24, 2.45) is 52.3 Å². The molecule has 1 unspecified atom stereocenters. The Morgan fingerprint density at radius 1 is 0.829 bits per heavy atom. The van der Waals surface area contributed by atoms with Crippen LogP contribution in [0.25, 0.3) is 0 Å². The zero-order valence-corrected chi connectivity index (χ0v) is 23.6.